The van der Waals surface area contributed by atoms with Crippen LogP contribution >= 0.6 is 11.6 Å². The fourth-order valence-electron chi connectivity index (χ4n) is 3.45. The number of hydrogen-bond donors (Lipinski definition) is 1. The SMILES string of the molecule is Cc1cc2oc(=O)cc(C[NH2+]Cc3cc(Cl)c4c(c3)OCCCO4)c2cc1C. The summed E-state index contributed by atoms with van der Waals surface area (Å²) < 4.78 is 16.8. The van der Waals surface area contributed by atoms with Gasteiger partial charge in [0.1, 0.15) is 18.7 Å². The summed E-state index contributed by atoms with van der Waals surface area (Å²) in [5.74, 6) is 1.32. The number of nitrogens with two attached hydrogens (primary N) is 1. The Morgan fingerprint density at radius 1 is 1.00 bits per heavy atom. The average molecular weight is 401 g/mol. The Bertz CT molecular complexity index is 1090. The number of aryl methyl sites for hydroxylation is 2. The number of quaternary nitrogens is 1. The summed E-state index contributed by atoms with van der Waals surface area (Å²) in [6, 6.07) is 9.49. The molecule has 4 rings (SSSR count). The van der Waals surface area contributed by atoms with Crippen molar-refractivity contribution in [2.24, 2.45) is 0 Å². The van der Waals surface area contributed by atoms with Crippen molar-refractivity contribution in [3.63, 3.8) is 0 Å². The standard InChI is InChI=1S/C22H22ClNO4/c1-13-6-17-16(10-21(25)28-19(17)7-14(13)2)12-24-11-15-8-18(23)22-20(9-15)26-4-3-5-27-22/h6-10,24H,3-5,11-12H2,1-2H3/p+1. The summed E-state index contributed by atoms with van der Waals surface area (Å²) in [7, 11) is 0. The highest BCUT2D eigenvalue weighted by atomic mass is 35.5. The molecule has 2 N–H and O–H groups in total. The molecule has 0 bridgehead atoms. The van der Waals surface area contributed by atoms with Gasteiger partial charge in [-0.25, -0.2) is 4.79 Å². The van der Waals surface area contributed by atoms with Gasteiger partial charge in [0, 0.05) is 29.0 Å². The molecule has 2 heterocycles. The van der Waals surface area contributed by atoms with Crippen LogP contribution in [0.5, 0.6) is 11.5 Å². The highest BCUT2D eigenvalue weighted by Crippen LogP contribution is 2.37. The van der Waals surface area contributed by atoms with Crippen LogP contribution in [0.25, 0.3) is 11.0 Å². The predicted molar refractivity (Wildman–Crippen MR) is 108 cm³/mol. The molecule has 0 fully saturated rings. The van der Waals surface area contributed by atoms with Gasteiger partial charge < -0.3 is 19.2 Å². The summed E-state index contributed by atoms with van der Waals surface area (Å²) in [5, 5.41) is 3.69. The highest BCUT2D eigenvalue weighted by molar-refractivity contribution is 6.32. The smallest absolute Gasteiger partial charge is 0.336 e. The predicted octanol–water partition coefficient (Wildman–Crippen LogP) is 3.49. The van der Waals surface area contributed by atoms with E-state index >= 15 is 0 Å². The highest BCUT2D eigenvalue weighted by Gasteiger charge is 2.16. The van der Waals surface area contributed by atoms with Gasteiger partial charge in [-0.3, -0.25) is 0 Å². The molecule has 6 heteroatoms. The molecule has 0 amide bonds. The Hall–Kier alpha value is -2.50. The Morgan fingerprint density at radius 3 is 2.64 bits per heavy atom. The minimum Gasteiger partial charge on any atom is -0.489 e. The minimum absolute atomic E-state index is 0.322. The molecule has 1 aliphatic heterocycles. The van der Waals surface area contributed by atoms with Gasteiger partial charge in [0.25, 0.3) is 0 Å². The lowest BCUT2D eigenvalue weighted by molar-refractivity contribution is -0.686. The maximum atomic E-state index is 11.9. The van der Waals surface area contributed by atoms with Crippen LogP contribution in [0, 0.1) is 13.8 Å². The summed E-state index contributed by atoms with van der Waals surface area (Å²) in [6.07, 6.45) is 0.842. The van der Waals surface area contributed by atoms with Gasteiger partial charge >= 0.3 is 5.63 Å². The third-order valence-corrected chi connectivity index (χ3v) is 5.33. The fourth-order valence-corrected chi connectivity index (χ4v) is 3.74. The van der Waals surface area contributed by atoms with E-state index in [1.807, 2.05) is 25.1 Å². The van der Waals surface area contributed by atoms with Crippen LogP contribution < -0.4 is 20.4 Å². The normalized spacial score (nSPS) is 13.5. The molecule has 0 atom stereocenters. The van der Waals surface area contributed by atoms with E-state index in [0.717, 1.165) is 28.5 Å². The van der Waals surface area contributed by atoms with E-state index in [1.54, 1.807) is 6.07 Å². The first-order valence-corrected chi connectivity index (χ1v) is 9.83. The van der Waals surface area contributed by atoms with Crippen LogP contribution in [0.15, 0.2) is 39.5 Å². The van der Waals surface area contributed by atoms with E-state index in [9.17, 15) is 4.79 Å². The first-order chi connectivity index (χ1) is 13.5. The summed E-state index contributed by atoms with van der Waals surface area (Å²) in [5.41, 5.74) is 4.62. The molecular formula is C22H23ClNO4+. The van der Waals surface area contributed by atoms with E-state index in [0.29, 0.717) is 48.4 Å². The average Bonchev–Trinajstić information content (AvgIpc) is 2.89. The van der Waals surface area contributed by atoms with Crippen LogP contribution in [0.4, 0.5) is 0 Å². The first kappa shape index (κ1) is 18.8. The molecule has 1 aromatic heterocycles. The minimum atomic E-state index is -0.322. The number of ether oxygens (including phenoxy) is 2. The van der Waals surface area contributed by atoms with Crippen molar-refractivity contribution in [1.82, 2.24) is 0 Å². The van der Waals surface area contributed by atoms with E-state index in [-0.39, 0.29) is 5.63 Å². The Kier molecular flexibility index (Phi) is 5.29. The van der Waals surface area contributed by atoms with Crippen LogP contribution in [0.1, 0.15) is 28.7 Å². The zero-order chi connectivity index (χ0) is 19.7. The van der Waals surface area contributed by atoms with Gasteiger partial charge in [0.2, 0.25) is 0 Å². The molecule has 5 nitrogen and oxygen atoms in total. The van der Waals surface area contributed by atoms with E-state index in [2.05, 4.69) is 18.3 Å². The van der Waals surface area contributed by atoms with Gasteiger partial charge in [-0.1, -0.05) is 11.6 Å². The molecule has 0 radical (unpaired) electrons. The fraction of sp³-hybridized carbons (Fsp3) is 0.318. The van der Waals surface area contributed by atoms with E-state index in [4.69, 9.17) is 25.5 Å². The molecule has 0 aliphatic carbocycles. The van der Waals surface area contributed by atoms with Crippen molar-refractivity contribution in [3.05, 3.63) is 68.0 Å². The molecular weight excluding hydrogens is 378 g/mol. The number of fused-ring (bicyclic) bond motifs is 2. The van der Waals surface area contributed by atoms with Gasteiger partial charge in [-0.05, 0) is 49.2 Å². The lowest BCUT2D eigenvalue weighted by Crippen LogP contribution is -2.80. The molecule has 1 aliphatic rings. The van der Waals surface area contributed by atoms with Crippen molar-refractivity contribution < 1.29 is 19.2 Å². The second kappa shape index (κ2) is 7.86. The number of hydrogen-bond acceptors (Lipinski definition) is 4. The molecule has 0 saturated heterocycles. The Labute approximate surface area is 168 Å². The second-order valence-corrected chi connectivity index (χ2v) is 7.58. The van der Waals surface area contributed by atoms with Gasteiger partial charge in [-0.2, -0.15) is 0 Å². The lowest BCUT2D eigenvalue weighted by Gasteiger charge is -2.11. The molecule has 28 heavy (non-hydrogen) atoms. The summed E-state index contributed by atoms with van der Waals surface area (Å²) in [6.45, 7) is 6.69. The summed E-state index contributed by atoms with van der Waals surface area (Å²) >= 11 is 6.37. The molecule has 3 aromatic rings. The maximum absolute atomic E-state index is 11.9. The molecule has 0 saturated carbocycles. The number of benzene rings is 2. The largest absolute Gasteiger partial charge is 0.489 e. The zero-order valence-corrected chi connectivity index (χ0v) is 16.8. The Balaban J connectivity index is 1.54. The quantitative estimate of drug-likeness (QED) is 0.681. The van der Waals surface area contributed by atoms with Crippen LogP contribution in [-0.2, 0) is 13.1 Å². The lowest BCUT2D eigenvalue weighted by atomic mass is 10.0. The maximum Gasteiger partial charge on any atom is 0.336 e. The number of rotatable bonds is 4. The van der Waals surface area contributed by atoms with Crippen molar-refractivity contribution >= 4 is 22.6 Å². The number of halogens is 1. The van der Waals surface area contributed by atoms with Crippen LogP contribution in [-0.4, -0.2) is 13.2 Å². The zero-order valence-electron chi connectivity index (χ0n) is 16.0. The van der Waals surface area contributed by atoms with Gasteiger partial charge in [0.05, 0.1) is 18.2 Å². The van der Waals surface area contributed by atoms with Crippen molar-refractivity contribution in [2.75, 3.05) is 13.2 Å². The third kappa shape index (κ3) is 3.86. The third-order valence-electron chi connectivity index (χ3n) is 5.05. The molecule has 0 unspecified atom stereocenters. The van der Waals surface area contributed by atoms with Gasteiger partial charge in [-0.15, -0.1) is 0 Å². The summed E-state index contributed by atoms with van der Waals surface area (Å²) in [4.78, 5) is 11.9. The first-order valence-electron chi connectivity index (χ1n) is 9.45. The van der Waals surface area contributed by atoms with Crippen molar-refractivity contribution in [1.29, 1.82) is 0 Å². The second-order valence-electron chi connectivity index (χ2n) is 7.18. The Morgan fingerprint density at radius 2 is 1.79 bits per heavy atom. The van der Waals surface area contributed by atoms with Crippen LogP contribution in [0.3, 0.4) is 0 Å². The van der Waals surface area contributed by atoms with Crippen molar-refractivity contribution in [3.8, 4) is 11.5 Å². The molecule has 2 aromatic carbocycles. The van der Waals surface area contributed by atoms with E-state index < -0.39 is 0 Å². The van der Waals surface area contributed by atoms with E-state index in [1.165, 1.54) is 5.56 Å². The van der Waals surface area contributed by atoms with Crippen LogP contribution in [0.2, 0.25) is 5.02 Å². The topological polar surface area (TPSA) is 65.3 Å². The van der Waals surface area contributed by atoms with Crippen molar-refractivity contribution in [2.45, 2.75) is 33.4 Å². The van der Waals surface area contributed by atoms with Gasteiger partial charge in [0.15, 0.2) is 11.5 Å². The molecule has 0 spiro atoms. The monoisotopic (exact) mass is 400 g/mol. The molecule has 146 valence electrons.